The van der Waals surface area contributed by atoms with Crippen molar-refractivity contribution >= 4 is 10.0 Å². The van der Waals surface area contributed by atoms with Crippen LogP contribution in [-0.4, -0.2) is 20.1 Å². The number of aliphatic hydroxyl groups excluding tert-OH is 1. The van der Waals surface area contributed by atoms with E-state index in [1.807, 2.05) is 0 Å². The number of hydrogen-bond donors (Lipinski definition) is 2. The molecule has 0 heterocycles. The summed E-state index contributed by atoms with van der Waals surface area (Å²) in [6.45, 7) is 1.50. The van der Waals surface area contributed by atoms with E-state index in [0.717, 1.165) is 12.8 Å². The molecular formula is C15H20FNO3S. The molecule has 3 rings (SSSR count). The van der Waals surface area contributed by atoms with Gasteiger partial charge in [0.1, 0.15) is 5.82 Å². The molecule has 116 valence electrons. The van der Waals surface area contributed by atoms with E-state index in [1.165, 1.54) is 31.9 Å². The summed E-state index contributed by atoms with van der Waals surface area (Å²) in [7, 11) is -3.75. The van der Waals surface area contributed by atoms with E-state index in [1.54, 1.807) is 0 Å². The van der Waals surface area contributed by atoms with Gasteiger partial charge in [0.25, 0.3) is 0 Å². The number of benzene rings is 1. The van der Waals surface area contributed by atoms with Crippen LogP contribution in [0.5, 0.6) is 0 Å². The summed E-state index contributed by atoms with van der Waals surface area (Å²) in [5.74, 6) is 0.0482. The van der Waals surface area contributed by atoms with E-state index in [2.05, 4.69) is 4.72 Å². The van der Waals surface area contributed by atoms with Crippen molar-refractivity contribution in [2.45, 2.75) is 44.1 Å². The van der Waals surface area contributed by atoms with Crippen molar-refractivity contribution in [1.82, 2.24) is 4.72 Å². The second-order valence-corrected chi connectivity index (χ2v) is 8.06. The molecular weight excluding hydrogens is 293 g/mol. The molecule has 1 aromatic rings. The Morgan fingerprint density at radius 2 is 2.05 bits per heavy atom. The lowest BCUT2D eigenvalue weighted by atomic mass is 10.0. The zero-order valence-electron chi connectivity index (χ0n) is 12.0. The SMILES string of the molecule is Cc1c(F)cc(CO)cc1S(=O)(=O)NCC1(C2CC2)CC1. The Labute approximate surface area is 124 Å². The van der Waals surface area contributed by atoms with E-state index in [-0.39, 0.29) is 28.0 Å². The standard InChI is InChI=1S/C15H20FNO3S/c1-10-13(16)6-11(8-18)7-14(10)21(19,20)17-9-15(4-5-15)12-2-3-12/h6-7,12,17-18H,2-5,8-9H2,1H3. The predicted octanol–water partition coefficient (Wildman–Crippen LogP) is 2.09. The molecule has 0 saturated heterocycles. The molecule has 2 saturated carbocycles. The van der Waals surface area contributed by atoms with Crippen LogP contribution in [-0.2, 0) is 16.6 Å². The van der Waals surface area contributed by atoms with Crippen LogP contribution in [0.2, 0.25) is 0 Å². The Hall–Kier alpha value is -0.980. The van der Waals surface area contributed by atoms with Gasteiger partial charge in [0.15, 0.2) is 0 Å². The van der Waals surface area contributed by atoms with Gasteiger partial charge in [-0.15, -0.1) is 0 Å². The Morgan fingerprint density at radius 1 is 1.38 bits per heavy atom. The van der Waals surface area contributed by atoms with E-state index in [9.17, 15) is 12.8 Å². The summed E-state index contributed by atoms with van der Waals surface area (Å²) in [6.07, 6.45) is 4.53. The molecule has 2 aliphatic rings. The minimum absolute atomic E-state index is 0.0712. The monoisotopic (exact) mass is 313 g/mol. The van der Waals surface area contributed by atoms with Crippen LogP contribution >= 0.6 is 0 Å². The summed E-state index contributed by atoms with van der Waals surface area (Å²) >= 11 is 0. The van der Waals surface area contributed by atoms with Gasteiger partial charge < -0.3 is 5.11 Å². The fraction of sp³-hybridized carbons (Fsp3) is 0.600. The van der Waals surface area contributed by atoms with Crippen LogP contribution in [0.3, 0.4) is 0 Å². The number of hydrogen-bond acceptors (Lipinski definition) is 3. The molecule has 6 heteroatoms. The summed E-state index contributed by atoms with van der Waals surface area (Å²) in [5.41, 5.74) is 0.506. The van der Waals surface area contributed by atoms with Gasteiger partial charge in [-0.1, -0.05) is 0 Å². The van der Waals surface area contributed by atoms with E-state index < -0.39 is 15.8 Å². The van der Waals surface area contributed by atoms with Crippen molar-refractivity contribution in [3.05, 3.63) is 29.1 Å². The molecule has 0 atom stereocenters. The Bertz CT molecular complexity index is 664. The largest absolute Gasteiger partial charge is 0.392 e. The maximum absolute atomic E-state index is 13.8. The van der Waals surface area contributed by atoms with Gasteiger partial charge in [0.2, 0.25) is 10.0 Å². The lowest BCUT2D eigenvalue weighted by Crippen LogP contribution is -2.32. The maximum Gasteiger partial charge on any atom is 0.240 e. The zero-order chi connectivity index (χ0) is 15.3. The number of rotatable bonds is 6. The molecule has 2 fully saturated rings. The molecule has 4 nitrogen and oxygen atoms in total. The van der Waals surface area contributed by atoms with Crippen molar-refractivity contribution < 1.29 is 17.9 Å². The van der Waals surface area contributed by atoms with Crippen LogP contribution < -0.4 is 4.72 Å². The lowest BCUT2D eigenvalue weighted by Gasteiger charge is -2.16. The van der Waals surface area contributed by atoms with Gasteiger partial charge in [0, 0.05) is 12.1 Å². The Balaban J connectivity index is 1.82. The average Bonchev–Trinajstić information content (AvgIpc) is 3.31. The molecule has 0 bridgehead atoms. The van der Waals surface area contributed by atoms with Crippen molar-refractivity contribution in [2.75, 3.05) is 6.54 Å². The van der Waals surface area contributed by atoms with Crippen LogP contribution in [0, 0.1) is 24.1 Å². The fourth-order valence-corrected chi connectivity index (χ4v) is 4.42. The first kappa shape index (κ1) is 14.9. The van der Waals surface area contributed by atoms with Crippen molar-refractivity contribution in [2.24, 2.45) is 11.3 Å². The third-order valence-corrected chi connectivity index (χ3v) is 6.31. The van der Waals surface area contributed by atoms with Crippen LogP contribution in [0.15, 0.2) is 17.0 Å². The number of aliphatic hydroxyl groups is 1. The van der Waals surface area contributed by atoms with Crippen molar-refractivity contribution in [1.29, 1.82) is 0 Å². The van der Waals surface area contributed by atoms with Gasteiger partial charge >= 0.3 is 0 Å². The van der Waals surface area contributed by atoms with Crippen molar-refractivity contribution in [3.63, 3.8) is 0 Å². The molecule has 1 aromatic carbocycles. The summed E-state index contributed by atoms with van der Waals surface area (Å²) in [4.78, 5) is -0.0712. The minimum Gasteiger partial charge on any atom is -0.392 e. The minimum atomic E-state index is -3.75. The highest BCUT2D eigenvalue weighted by Crippen LogP contribution is 2.60. The molecule has 0 spiro atoms. The fourth-order valence-electron chi connectivity index (χ4n) is 2.98. The molecule has 0 radical (unpaired) electrons. The highest BCUT2D eigenvalue weighted by atomic mass is 32.2. The van der Waals surface area contributed by atoms with Crippen LogP contribution in [0.25, 0.3) is 0 Å². The van der Waals surface area contributed by atoms with E-state index in [4.69, 9.17) is 5.11 Å². The maximum atomic E-state index is 13.8. The first-order chi connectivity index (χ1) is 9.88. The summed E-state index contributed by atoms with van der Waals surface area (Å²) in [5, 5.41) is 9.11. The first-order valence-corrected chi connectivity index (χ1v) is 8.76. The van der Waals surface area contributed by atoms with Gasteiger partial charge in [-0.3, -0.25) is 0 Å². The third-order valence-electron chi connectivity index (χ3n) is 4.78. The van der Waals surface area contributed by atoms with Gasteiger partial charge in [-0.2, -0.15) is 0 Å². The molecule has 0 aromatic heterocycles. The first-order valence-electron chi connectivity index (χ1n) is 7.27. The second-order valence-electron chi connectivity index (χ2n) is 6.32. The highest BCUT2D eigenvalue weighted by molar-refractivity contribution is 7.89. The topological polar surface area (TPSA) is 66.4 Å². The predicted molar refractivity (Wildman–Crippen MR) is 76.6 cm³/mol. The molecule has 0 amide bonds. The number of halogens is 1. The molecule has 21 heavy (non-hydrogen) atoms. The number of nitrogens with one attached hydrogen (secondary N) is 1. The molecule has 0 aliphatic heterocycles. The van der Waals surface area contributed by atoms with E-state index >= 15 is 0 Å². The quantitative estimate of drug-likeness (QED) is 0.845. The average molecular weight is 313 g/mol. The van der Waals surface area contributed by atoms with Gasteiger partial charge in [0.05, 0.1) is 11.5 Å². The van der Waals surface area contributed by atoms with Crippen LogP contribution in [0.4, 0.5) is 4.39 Å². The Morgan fingerprint density at radius 3 is 2.57 bits per heavy atom. The molecule has 2 aliphatic carbocycles. The van der Waals surface area contributed by atoms with Crippen molar-refractivity contribution in [3.8, 4) is 0 Å². The van der Waals surface area contributed by atoms with Crippen LogP contribution in [0.1, 0.15) is 36.8 Å². The number of sulfonamides is 1. The summed E-state index contributed by atoms with van der Waals surface area (Å²) in [6, 6.07) is 2.51. The molecule has 0 unspecified atom stereocenters. The normalized spacial score (nSPS) is 20.5. The lowest BCUT2D eigenvalue weighted by molar-refractivity contribution is 0.281. The smallest absolute Gasteiger partial charge is 0.240 e. The van der Waals surface area contributed by atoms with Gasteiger partial charge in [-0.25, -0.2) is 17.5 Å². The highest BCUT2D eigenvalue weighted by Gasteiger charge is 2.53. The zero-order valence-corrected chi connectivity index (χ0v) is 12.8. The third kappa shape index (κ3) is 2.84. The summed E-state index contributed by atoms with van der Waals surface area (Å²) < 4.78 is 41.3. The molecule has 2 N–H and O–H groups in total. The van der Waals surface area contributed by atoms with Gasteiger partial charge in [-0.05, 0) is 61.6 Å². The Kier molecular flexibility index (Phi) is 3.58. The second kappa shape index (κ2) is 5.04. The van der Waals surface area contributed by atoms with E-state index in [0.29, 0.717) is 12.5 Å².